The third-order valence-corrected chi connectivity index (χ3v) is 4.14. The van der Waals surface area contributed by atoms with Gasteiger partial charge in [0.15, 0.2) is 0 Å². The van der Waals surface area contributed by atoms with Gasteiger partial charge in [-0.2, -0.15) is 0 Å². The normalized spacial score (nSPS) is 10.6. The maximum atomic E-state index is 13.9. The summed E-state index contributed by atoms with van der Waals surface area (Å²) in [6, 6.07) is 14.4. The van der Waals surface area contributed by atoms with Crippen molar-refractivity contribution in [3.63, 3.8) is 0 Å². The molecule has 2 aromatic carbocycles. The highest BCUT2D eigenvalue weighted by Crippen LogP contribution is 2.19. The Morgan fingerprint density at radius 2 is 1.82 bits per heavy atom. The second-order valence-electron chi connectivity index (χ2n) is 6.27. The Labute approximate surface area is 162 Å². The number of rotatable bonds is 6. The number of anilines is 2. The van der Waals surface area contributed by atoms with E-state index in [2.05, 4.69) is 15.3 Å². The molecule has 0 unspecified atom stereocenters. The number of halogens is 2. The number of hydrogen-bond donors (Lipinski definition) is 1. The SMILES string of the molecule is CCN(Cc1ccccc1)C(=O)c1cc(C)nc(Nc2ccc(F)cc2F)n1. The first-order valence-corrected chi connectivity index (χ1v) is 8.87. The van der Waals surface area contributed by atoms with E-state index in [0.717, 1.165) is 17.7 Å². The summed E-state index contributed by atoms with van der Waals surface area (Å²) in [5.41, 5.74) is 1.80. The number of hydrogen-bond acceptors (Lipinski definition) is 4. The van der Waals surface area contributed by atoms with Gasteiger partial charge in [-0.1, -0.05) is 30.3 Å². The predicted octanol–water partition coefficient (Wildman–Crippen LogP) is 4.47. The molecule has 1 N–H and O–H groups in total. The van der Waals surface area contributed by atoms with Crippen LogP contribution in [-0.4, -0.2) is 27.3 Å². The lowest BCUT2D eigenvalue weighted by atomic mass is 10.2. The molecule has 1 heterocycles. The number of aryl methyl sites for hydroxylation is 1. The quantitative estimate of drug-likeness (QED) is 0.683. The minimum absolute atomic E-state index is 0.0297. The van der Waals surface area contributed by atoms with Crippen molar-refractivity contribution in [3.05, 3.63) is 83.2 Å². The molecule has 0 saturated carbocycles. The topological polar surface area (TPSA) is 58.1 Å². The van der Waals surface area contributed by atoms with E-state index in [1.54, 1.807) is 17.9 Å². The number of amides is 1. The first kappa shape index (κ1) is 19.4. The second-order valence-corrected chi connectivity index (χ2v) is 6.27. The van der Waals surface area contributed by atoms with Crippen LogP contribution in [0.3, 0.4) is 0 Å². The van der Waals surface area contributed by atoms with E-state index in [1.165, 1.54) is 6.07 Å². The number of carbonyl (C=O) groups is 1. The molecular formula is C21H20F2N4O. The molecule has 0 fully saturated rings. The van der Waals surface area contributed by atoms with Gasteiger partial charge in [-0.15, -0.1) is 0 Å². The zero-order valence-corrected chi connectivity index (χ0v) is 15.6. The van der Waals surface area contributed by atoms with Crippen molar-refractivity contribution in [1.82, 2.24) is 14.9 Å². The average Bonchev–Trinajstić information content (AvgIpc) is 2.68. The summed E-state index contributed by atoms with van der Waals surface area (Å²) >= 11 is 0. The Bertz CT molecular complexity index is 979. The molecule has 0 aliphatic rings. The van der Waals surface area contributed by atoms with Gasteiger partial charge in [0.2, 0.25) is 5.95 Å². The molecule has 3 aromatic rings. The second kappa shape index (κ2) is 8.56. The summed E-state index contributed by atoms with van der Waals surface area (Å²) in [7, 11) is 0. The van der Waals surface area contributed by atoms with Gasteiger partial charge >= 0.3 is 0 Å². The summed E-state index contributed by atoms with van der Waals surface area (Å²) in [6.45, 7) is 4.57. The number of nitrogens with zero attached hydrogens (tertiary/aromatic N) is 3. The summed E-state index contributed by atoms with van der Waals surface area (Å²) in [4.78, 5) is 23.0. The van der Waals surface area contributed by atoms with Crippen LogP contribution >= 0.6 is 0 Å². The third kappa shape index (κ3) is 4.68. The average molecular weight is 382 g/mol. The number of nitrogens with one attached hydrogen (secondary N) is 1. The minimum Gasteiger partial charge on any atom is -0.333 e. The minimum atomic E-state index is -0.766. The summed E-state index contributed by atoms with van der Waals surface area (Å²) in [5, 5.41) is 2.71. The molecular weight excluding hydrogens is 362 g/mol. The van der Waals surface area contributed by atoms with Crippen LogP contribution < -0.4 is 5.32 Å². The van der Waals surface area contributed by atoms with Crippen LogP contribution in [0.2, 0.25) is 0 Å². The fourth-order valence-corrected chi connectivity index (χ4v) is 2.74. The van der Waals surface area contributed by atoms with Gasteiger partial charge in [-0.3, -0.25) is 4.79 Å². The number of carbonyl (C=O) groups excluding carboxylic acids is 1. The summed E-state index contributed by atoms with van der Waals surface area (Å²) < 4.78 is 27.0. The van der Waals surface area contributed by atoms with Crippen molar-refractivity contribution < 1.29 is 13.6 Å². The van der Waals surface area contributed by atoms with Crippen LogP contribution in [0.4, 0.5) is 20.4 Å². The Morgan fingerprint density at radius 3 is 2.50 bits per heavy atom. The first-order valence-electron chi connectivity index (χ1n) is 8.87. The lowest BCUT2D eigenvalue weighted by Crippen LogP contribution is -2.31. The maximum Gasteiger partial charge on any atom is 0.272 e. The highest BCUT2D eigenvalue weighted by atomic mass is 19.1. The van der Waals surface area contributed by atoms with Gasteiger partial charge in [0, 0.05) is 24.8 Å². The van der Waals surface area contributed by atoms with Crippen LogP contribution in [0.15, 0.2) is 54.6 Å². The van der Waals surface area contributed by atoms with Gasteiger partial charge in [-0.25, -0.2) is 18.7 Å². The van der Waals surface area contributed by atoms with Crippen molar-refractivity contribution in [1.29, 1.82) is 0 Å². The molecule has 0 spiro atoms. The molecule has 5 nitrogen and oxygen atoms in total. The molecule has 0 aliphatic heterocycles. The fourth-order valence-electron chi connectivity index (χ4n) is 2.74. The van der Waals surface area contributed by atoms with E-state index in [4.69, 9.17) is 0 Å². The number of aromatic nitrogens is 2. The molecule has 7 heteroatoms. The highest BCUT2D eigenvalue weighted by molar-refractivity contribution is 5.92. The summed E-state index contributed by atoms with van der Waals surface area (Å²) in [5.74, 6) is -1.62. The Kier molecular flexibility index (Phi) is 5.93. The molecule has 28 heavy (non-hydrogen) atoms. The molecule has 3 rings (SSSR count). The molecule has 0 radical (unpaired) electrons. The van der Waals surface area contributed by atoms with Gasteiger partial charge in [0.1, 0.15) is 17.3 Å². The molecule has 1 aromatic heterocycles. The van der Waals surface area contributed by atoms with Gasteiger partial charge in [0.25, 0.3) is 5.91 Å². The fraction of sp³-hybridized carbons (Fsp3) is 0.190. The monoisotopic (exact) mass is 382 g/mol. The predicted molar refractivity (Wildman–Crippen MR) is 103 cm³/mol. The highest BCUT2D eigenvalue weighted by Gasteiger charge is 2.18. The molecule has 0 atom stereocenters. The van der Waals surface area contributed by atoms with E-state index >= 15 is 0 Å². The standard InChI is InChI=1S/C21H20F2N4O/c1-3-27(13-15-7-5-4-6-8-15)20(28)19-11-14(2)24-21(26-19)25-18-10-9-16(22)12-17(18)23/h4-12H,3,13H2,1-2H3,(H,24,25,26). The van der Waals surface area contributed by atoms with Crippen molar-refractivity contribution in [2.24, 2.45) is 0 Å². The van der Waals surface area contributed by atoms with Crippen LogP contribution in [0.1, 0.15) is 28.7 Å². The molecule has 1 amide bonds. The summed E-state index contributed by atoms with van der Waals surface area (Å²) in [6.07, 6.45) is 0. The Hall–Kier alpha value is -3.35. The Morgan fingerprint density at radius 1 is 1.07 bits per heavy atom. The zero-order valence-electron chi connectivity index (χ0n) is 15.6. The first-order chi connectivity index (χ1) is 13.5. The van der Waals surface area contributed by atoms with Crippen molar-refractivity contribution in [2.45, 2.75) is 20.4 Å². The maximum absolute atomic E-state index is 13.9. The smallest absolute Gasteiger partial charge is 0.272 e. The van der Waals surface area contributed by atoms with E-state index < -0.39 is 11.6 Å². The van der Waals surface area contributed by atoms with E-state index in [1.807, 2.05) is 37.3 Å². The third-order valence-electron chi connectivity index (χ3n) is 4.14. The number of benzene rings is 2. The molecule has 0 saturated heterocycles. The lowest BCUT2D eigenvalue weighted by Gasteiger charge is -2.21. The molecule has 0 bridgehead atoms. The van der Waals surface area contributed by atoms with Gasteiger partial charge in [0.05, 0.1) is 5.69 Å². The van der Waals surface area contributed by atoms with Crippen LogP contribution in [0, 0.1) is 18.6 Å². The van der Waals surface area contributed by atoms with Crippen LogP contribution in [0.25, 0.3) is 0 Å². The van der Waals surface area contributed by atoms with Crippen molar-refractivity contribution in [2.75, 3.05) is 11.9 Å². The largest absolute Gasteiger partial charge is 0.333 e. The van der Waals surface area contributed by atoms with Crippen LogP contribution in [-0.2, 0) is 6.54 Å². The Balaban J connectivity index is 1.84. The van der Waals surface area contributed by atoms with Crippen LogP contribution in [0.5, 0.6) is 0 Å². The van der Waals surface area contributed by atoms with E-state index in [9.17, 15) is 13.6 Å². The van der Waals surface area contributed by atoms with Gasteiger partial charge in [-0.05, 0) is 37.6 Å². The lowest BCUT2D eigenvalue weighted by molar-refractivity contribution is 0.0746. The van der Waals surface area contributed by atoms with E-state index in [-0.39, 0.29) is 23.2 Å². The van der Waals surface area contributed by atoms with Crippen molar-refractivity contribution in [3.8, 4) is 0 Å². The zero-order chi connectivity index (χ0) is 20.1. The molecule has 144 valence electrons. The van der Waals surface area contributed by atoms with Crippen molar-refractivity contribution >= 4 is 17.5 Å². The van der Waals surface area contributed by atoms with Gasteiger partial charge < -0.3 is 10.2 Å². The van der Waals surface area contributed by atoms with E-state index in [0.29, 0.717) is 18.8 Å². The molecule has 0 aliphatic carbocycles.